The van der Waals surface area contributed by atoms with Crippen LogP contribution in [0.15, 0.2) is 59.1 Å². The Hall–Kier alpha value is -3.15. The Balaban J connectivity index is 1.31. The molecule has 4 rings (SSSR count). The molecule has 0 saturated carbocycles. The molecular formula is C23H26N4O2. The highest BCUT2D eigenvalue weighted by Gasteiger charge is 2.27. The van der Waals surface area contributed by atoms with Crippen LogP contribution in [0.3, 0.4) is 0 Å². The van der Waals surface area contributed by atoms with Gasteiger partial charge in [-0.25, -0.2) is 0 Å². The van der Waals surface area contributed by atoms with E-state index in [2.05, 4.69) is 34.4 Å². The van der Waals surface area contributed by atoms with Crippen molar-refractivity contribution in [1.82, 2.24) is 15.0 Å². The fourth-order valence-electron chi connectivity index (χ4n) is 3.68. The van der Waals surface area contributed by atoms with Gasteiger partial charge in [-0.15, -0.1) is 0 Å². The van der Waals surface area contributed by atoms with Gasteiger partial charge >= 0.3 is 0 Å². The standard InChI is InChI=1S/C23H26N4O2/c1-26(2)23-24-22(29-25-23)20-12-14-27(15-13-20)21(28)16-17-8-10-19(11-9-17)18-6-4-3-5-7-18/h3-11,20H,12-16H2,1-2H3. The van der Waals surface area contributed by atoms with E-state index >= 15 is 0 Å². The van der Waals surface area contributed by atoms with Gasteiger partial charge in [0.2, 0.25) is 11.8 Å². The van der Waals surface area contributed by atoms with Crippen LogP contribution in [0, 0.1) is 0 Å². The van der Waals surface area contributed by atoms with Gasteiger partial charge < -0.3 is 14.3 Å². The first-order valence-corrected chi connectivity index (χ1v) is 10.0. The van der Waals surface area contributed by atoms with Crippen molar-refractivity contribution in [2.45, 2.75) is 25.2 Å². The fourth-order valence-corrected chi connectivity index (χ4v) is 3.68. The summed E-state index contributed by atoms with van der Waals surface area (Å²) in [6.07, 6.45) is 2.15. The molecule has 2 aromatic carbocycles. The first-order chi connectivity index (χ1) is 14.1. The molecule has 3 aromatic rings. The summed E-state index contributed by atoms with van der Waals surface area (Å²) < 4.78 is 5.40. The van der Waals surface area contributed by atoms with Gasteiger partial charge in [0.05, 0.1) is 6.42 Å². The molecule has 6 nitrogen and oxygen atoms in total. The first kappa shape index (κ1) is 19.2. The molecule has 2 heterocycles. The number of carbonyl (C=O) groups is 1. The minimum atomic E-state index is 0.176. The van der Waals surface area contributed by atoms with Crippen LogP contribution in [0.4, 0.5) is 5.95 Å². The number of anilines is 1. The van der Waals surface area contributed by atoms with Crippen LogP contribution < -0.4 is 4.90 Å². The van der Waals surface area contributed by atoms with Crippen LogP contribution in [0.1, 0.15) is 30.2 Å². The van der Waals surface area contributed by atoms with Crippen molar-refractivity contribution in [2.75, 3.05) is 32.1 Å². The SMILES string of the molecule is CN(C)c1noc(C2CCN(C(=O)Cc3ccc(-c4ccccc4)cc3)CC2)n1. The molecule has 0 atom stereocenters. The third-order valence-corrected chi connectivity index (χ3v) is 5.44. The maximum absolute atomic E-state index is 12.7. The molecule has 1 saturated heterocycles. The molecule has 0 unspecified atom stereocenters. The van der Waals surface area contributed by atoms with Gasteiger partial charge in [-0.1, -0.05) is 54.6 Å². The summed E-state index contributed by atoms with van der Waals surface area (Å²) in [6, 6.07) is 18.5. The zero-order valence-corrected chi connectivity index (χ0v) is 16.9. The Kier molecular flexibility index (Phi) is 5.60. The molecular weight excluding hydrogens is 364 g/mol. The summed E-state index contributed by atoms with van der Waals surface area (Å²) >= 11 is 0. The van der Waals surface area contributed by atoms with E-state index in [0.717, 1.165) is 31.5 Å². The summed E-state index contributed by atoms with van der Waals surface area (Å²) in [4.78, 5) is 21.0. The van der Waals surface area contributed by atoms with E-state index in [9.17, 15) is 4.79 Å². The molecule has 29 heavy (non-hydrogen) atoms. The number of benzene rings is 2. The second-order valence-electron chi connectivity index (χ2n) is 7.72. The zero-order chi connectivity index (χ0) is 20.2. The van der Waals surface area contributed by atoms with Crippen LogP contribution in [0.25, 0.3) is 11.1 Å². The molecule has 1 aliphatic rings. The summed E-state index contributed by atoms with van der Waals surface area (Å²) in [7, 11) is 3.78. The lowest BCUT2D eigenvalue weighted by Crippen LogP contribution is -2.38. The van der Waals surface area contributed by atoms with E-state index < -0.39 is 0 Å². The van der Waals surface area contributed by atoms with Crippen molar-refractivity contribution in [3.63, 3.8) is 0 Å². The third kappa shape index (κ3) is 4.47. The first-order valence-electron chi connectivity index (χ1n) is 10.0. The molecule has 0 N–H and O–H groups in total. The number of rotatable bonds is 5. The Morgan fingerprint density at radius 2 is 1.69 bits per heavy atom. The molecule has 150 valence electrons. The molecule has 1 fully saturated rings. The van der Waals surface area contributed by atoms with E-state index in [1.165, 1.54) is 11.1 Å². The van der Waals surface area contributed by atoms with Gasteiger partial charge in [-0.3, -0.25) is 4.79 Å². The maximum Gasteiger partial charge on any atom is 0.265 e. The predicted molar refractivity (Wildman–Crippen MR) is 113 cm³/mol. The lowest BCUT2D eigenvalue weighted by molar-refractivity contribution is -0.131. The average molecular weight is 390 g/mol. The Bertz CT molecular complexity index is 943. The number of hydrogen-bond acceptors (Lipinski definition) is 5. The van der Waals surface area contributed by atoms with Crippen LogP contribution in [-0.4, -0.2) is 48.1 Å². The van der Waals surface area contributed by atoms with E-state index in [1.54, 1.807) is 0 Å². The summed E-state index contributed by atoms with van der Waals surface area (Å²) in [5.41, 5.74) is 3.40. The van der Waals surface area contributed by atoms with Gasteiger partial charge in [0.1, 0.15) is 0 Å². The van der Waals surface area contributed by atoms with E-state index in [-0.39, 0.29) is 11.8 Å². The lowest BCUT2D eigenvalue weighted by Gasteiger charge is -2.30. The molecule has 6 heteroatoms. The monoisotopic (exact) mass is 390 g/mol. The Labute approximate surface area is 171 Å². The van der Waals surface area contributed by atoms with Gasteiger partial charge in [0, 0.05) is 33.1 Å². The van der Waals surface area contributed by atoms with Crippen LogP contribution >= 0.6 is 0 Å². The second kappa shape index (κ2) is 8.47. The number of piperidine rings is 1. The highest BCUT2D eigenvalue weighted by Crippen LogP contribution is 2.28. The average Bonchev–Trinajstić information content (AvgIpc) is 3.26. The summed E-state index contributed by atoms with van der Waals surface area (Å²) in [5.74, 6) is 1.68. The van der Waals surface area contributed by atoms with Crippen molar-refractivity contribution < 1.29 is 9.32 Å². The number of amides is 1. The molecule has 1 aromatic heterocycles. The zero-order valence-electron chi connectivity index (χ0n) is 16.9. The lowest BCUT2D eigenvalue weighted by atomic mass is 9.96. The smallest absolute Gasteiger partial charge is 0.265 e. The molecule has 0 bridgehead atoms. The van der Waals surface area contributed by atoms with E-state index in [0.29, 0.717) is 18.3 Å². The van der Waals surface area contributed by atoms with Gasteiger partial charge in [-0.05, 0) is 34.7 Å². The van der Waals surface area contributed by atoms with Crippen LogP contribution in [0.5, 0.6) is 0 Å². The van der Waals surface area contributed by atoms with Gasteiger partial charge in [0.25, 0.3) is 5.95 Å². The number of carbonyl (C=O) groups excluding carboxylic acids is 1. The van der Waals surface area contributed by atoms with Crippen molar-refractivity contribution in [2.24, 2.45) is 0 Å². The topological polar surface area (TPSA) is 62.5 Å². The number of nitrogens with zero attached hydrogens (tertiary/aromatic N) is 4. The third-order valence-electron chi connectivity index (χ3n) is 5.44. The van der Waals surface area contributed by atoms with Crippen LogP contribution in [0.2, 0.25) is 0 Å². The van der Waals surface area contributed by atoms with Gasteiger partial charge in [0.15, 0.2) is 0 Å². The normalized spacial score (nSPS) is 14.8. The number of aromatic nitrogens is 2. The minimum Gasteiger partial charge on any atom is -0.344 e. The maximum atomic E-state index is 12.7. The van der Waals surface area contributed by atoms with Crippen molar-refractivity contribution in [3.8, 4) is 11.1 Å². The molecule has 1 amide bonds. The van der Waals surface area contributed by atoms with Crippen molar-refractivity contribution >= 4 is 11.9 Å². The minimum absolute atomic E-state index is 0.176. The molecule has 0 spiro atoms. The highest BCUT2D eigenvalue weighted by molar-refractivity contribution is 5.79. The number of hydrogen-bond donors (Lipinski definition) is 0. The number of likely N-dealkylation sites (tertiary alicyclic amines) is 1. The predicted octanol–water partition coefficient (Wildman–Crippen LogP) is 3.75. The summed E-state index contributed by atoms with van der Waals surface area (Å²) in [5, 5.41) is 3.99. The molecule has 1 aliphatic heterocycles. The summed E-state index contributed by atoms with van der Waals surface area (Å²) in [6.45, 7) is 1.45. The highest BCUT2D eigenvalue weighted by atomic mass is 16.5. The van der Waals surface area contributed by atoms with E-state index in [4.69, 9.17) is 4.52 Å². The van der Waals surface area contributed by atoms with Crippen molar-refractivity contribution in [3.05, 3.63) is 66.1 Å². The van der Waals surface area contributed by atoms with Gasteiger partial charge in [-0.2, -0.15) is 4.98 Å². The van der Waals surface area contributed by atoms with E-state index in [1.807, 2.05) is 54.2 Å². The quantitative estimate of drug-likeness (QED) is 0.664. The van der Waals surface area contributed by atoms with Crippen molar-refractivity contribution in [1.29, 1.82) is 0 Å². The largest absolute Gasteiger partial charge is 0.344 e. The van der Waals surface area contributed by atoms with Crippen LogP contribution in [-0.2, 0) is 11.2 Å². The second-order valence-corrected chi connectivity index (χ2v) is 7.72. The fraction of sp³-hybridized carbons (Fsp3) is 0.348. The molecule has 0 radical (unpaired) electrons. The molecule has 0 aliphatic carbocycles. The Morgan fingerprint density at radius 1 is 1.03 bits per heavy atom. The Morgan fingerprint density at radius 3 is 2.31 bits per heavy atom.